The first-order valence-corrected chi connectivity index (χ1v) is 15.6. The van der Waals surface area contributed by atoms with Crippen LogP contribution in [0.5, 0.6) is 16.6 Å². The molecule has 2 heterocycles. The van der Waals surface area contributed by atoms with Crippen molar-refractivity contribution in [3.8, 4) is 16.6 Å². The summed E-state index contributed by atoms with van der Waals surface area (Å²) in [5.41, 5.74) is 0.501. The van der Waals surface area contributed by atoms with Crippen LogP contribution in [0.25, 0.3) is 0 Å². The molecule has 4 aromatic rings. The smallest absolute Gasteiger partial charge is 0.335 e. The maximum absolute atomic E-state index is 13.5. The fourth-order valence-corrected chi connectivity index (χ4v) is 6.67. The molecule has 5 rings (SSSR count). The molecular weight excluding hydrogens is 602 g/mol. The van der Waals surface area contributed by atoms with Gasteiger partial charge in [-0.2, -0.15) is 4.31 Å². The molecule has 0 spiro atoms. The summed E-state index contributed by atoms with van der Waals surface area (Å²) in [5.74, 6) is -0.946. The van der Waals surface area contributed by atoms with Gasteiger partial charge in [0.25, 0.3) is 5.91 Å². The van der Waals surface area contributed by atoms with E-state index >= 15 is 0 Å². The van der Waals surface area contributed by atoms with Crippen molar-refractivity contribution < 1.29 is 32.6 Å². The number of halogens is 1. The van der Waals surface area contributed by atoms with Crippen LogP contribution in [0.15, 0.2) is 83.9 Å². The molecule has 1 atom stereocenters. The Labute approximate surface area is 251 Å². The molecule has 13 heteroatoms. The Hall–Kier alpha value is -3.97. The second kappa shape index (κ2) is 12.9. The van der Waals surface area contributed by atoms with Crippen LogP contribution >= 0.6 is 22.9 Å². The third-order valence-corrected chi connectivity index (χ3v) is 9.41. The largest absolute Gasteiger partial charge is 0.478 e. The number of ether oxygens (including phenoxy) is 2. The number of nitrogens with zero attached hydrogens (tertiary/aromatic N) is 2. The molecule has 1 aliphatic heterocycles. The summed E-state index contributed by atoms with van der Waals surface area (Å²) in [5, 5.41) is 13.0. The number of aromatic carboxylic acids is 1. The van der Waals surface area contributed by atoms with Gasteiger partial charge >= 0.3 is 5.97 Å². The zero-order chi connectivity index (χ0) is 29.7. The maximum atomic E-state index is 13.5. The molecule has 2 N–H and O–H groups in total. The molecule has 3 aromatic carbocycles. The van der Waals surface area contributed by atoms with Gasteiger partial charge in [-0.05, 0) is 67.4 Å². The Morgan fingerprint density at radius 2 is 1.69 bits per heavy atom. The third-order valence-electron chi connectivity index (χ3n) is 6.46. The fourth-order valence-electron chi connectivity index (χ4n) is 4.34. The van der Waals surface area contributed by atoms with Gasteiger partial charge in [0.05, 0.1) is 16.7 Å². The number of carbonyl (C=O) groups excluding carboxylic acids is 1. The number of rotatable bonds is 10. The van der Waals surface area contributed by atoms with E-state index in [9.17, 15) is 23.1 Å². The monoisotopic (exact) mass is 627 g/mol. The van der Waals surface area contributed by atoms with Gasteiger partial charge in [0.1, 0.15) is 11.5 Å². The number of carboxylic acids is 1. The first-order valence-electron chi connectivity index (χ1n) is 13.0. The number of amides is 1. The van der Waals surface area contributed by atoms with E-state index in [2.05, 4.69) is 10.3 Å². The Kier molecular flexibility index (Phi) is 9.07. The highest BCUT2D eigenvalue weighted by Crippen LogP contribution is 2.32. The molecule has 1 amide bonds. The van der Waals surface area contributed by atoms with E-state index in [0.29, 0.717) is 40.2 Å². The van der Waals surface area contributed by atoms with E-state index in [4.69, 9.17) is 21.1 Å². The van der Waals surface area contributed by atoms with E-state index in [1.165, 1.54) is 34.8 Å². The lowest BCUT2D eigenvalue weighted by atomic mass is 10.1. The summed E-state index contributed by atoms with van der Waals surface area (Å²) in [7, 11) is -3.65. The number of nitrogens with one attached hydrogen (secondary N) is 1. The third kappa shape index (κ3) is 7.08. The van der Waals surface area contributed by atoms with Crippen LogP contribution < -0.4 is 14.8 Å². The SMILES string of the molecule is O=C(O)c1cccc(Oc2cnc(NC(=O)C(Oc3ccc(Cl)cc3)c3ccc(S(=O)(=O)N4CCCCC4)cc3)s2)c1. The Morgan fingerprint density at radius 1 is 0.976 bits per heavy atom. The number of piperidine rings is 1. The second-order valence-corrected chi connectivity index (χ2v) is 12.8. The minimum atomic E-state index is -3.65. The summed E-state index contributed by atoms with van der Waals surface area (Å²) in [6, 6.07) is 18.6. The summed E-state index contributed by atoms with van der Waals surface area (Å²) in [6.45, 7) is 0.971. The van der Waals surface area contributed by atoms with Crippen molar-refractivity contribution in [1.29, 1.82) is 0 Å². The molecule has 0 radical (unpaired) electrons. The van der Waals surface area contributed by atoms with Gasteiger partial charge in [-0.15, -0.1) is 0 Å². The highest BCUT2D eigenvalue weighted by atomic mass is 35.5. The lowest BCUT2D eigenvalue weighted by Crippen LogP contribution is -2.35. The van der Waals surface area contributed by atoms with Gasteiger partial charge in [-0.25, -0.2) is 18.2 Å². The minimum absolute atomic E-state index is 0.0717. The maximum Gasteiger partial charge on any atom is 0.335 e. The molecule has 218 valence electrons. The van der Waals surface area contributed by atoms with Gasteiger partial charge in [0, 0.05) is 23.7 Å². The average molecular weight is 628 g/mol. The summed E-state index contributed by atoms with van der Waals surface area (Å²) >= 11 is 7.04. The van der Waals surface area contributed by atoms with E-state index in [1.54, 1.807) is 48.5 Å². The fraction of sp³-hybridized carbons (Fsp3) is 0.207. The van der Waals surface area contributed by atoms with Gasteiger partial charge in [0.15, 0.2) is 5.13 Å². The summed E-state index contributed by atoms with van der Waals surface area (Å²) < 4.78 is 39.4. The highest BCUT2D eigenvalue weighted by Gasteiger charge is 2.28. The van der Waals surface area contributed by atoms with Crippen LogP contribution in [0.2, 0.25) is 5.02 Å². The van der Waals surface area contributed by atoms with Crippen molar-refractivity contribution in [2.45, 2.75) is 30.3 Å². The Morgan fingerprint density at radius 3 is 2.38 bits per heavy atom. The normalized spacial score (nSPS) is 14.6. The number of thiazole rings is 1. The number of hydrogen-bond donors (Lipinski definition) is 2. The van der Waals surface area contributed by atoms with Gasteiger partial charge in [-0.3, -0.25) is 10.1 Å². The second-order valence-electron chi connectivity index (χ2n) is 9.39. The average Bonchev–Trinajstić information content (AvgIpc) is 3.43. The molecule has 1 unspecified atom stereocenters. The van der Waals surface area contributed by atoms with Crippen molar-refractivity contribution in [3.05, 3.63) is 95.1 Å². The summed E-state index contributed by atoms with van der Waals surface area (Å²) in [4.78, 5) is 29.0. The van der Waals surface area contributed by atoms with Gasteiger partial charge in [0.2, 0.25) is 21.2 Å². The molecule has 0 saturated carbocycles. The molecular formula is C29H26ClN3O7S2. The molecule has 1 aromatic heterocycles. The molecule has 1 fully saturated rings. The molecule has 1 saturated heterocycles. The van der Waals surface area contributed by atoms with Crippen LogP contribution in [0.1, 0.15) is 41.3 Å². The molecule has 10 nitrogen and oxygen atoms in total. The number of sulfonamides is 1. The lowest BCUT2D eigenvalue weighted by Gasteiger charge is -2.26. The van der Waals surface area contributed by atoms with Crippen LogP contribution in [0.4, 0.5) is 5.13 Å². The van der Waals surface area contributed by atoms with Crippen LogP contribution in [0.3, 0.4) is 0 Å². The standard InChI is InChI=1S/C29H26ClN3O7S2/c30-21-9-11-22(12-10-21)40-26(19-7-13-24(14-8-19)42(37,38)33-15-2-1-3-16-33)27(34)32-29-31-18-25(41-29)39-23-6-4-5-20(17-23)28(35)36/h4-14,17-18,26H,1-3,15-16H2,(H,35,36)(H,31,32,34). The van der Waals surface area contributed by atoms with Crippen LogP contribution in [-0.4, -0.2) is 47.8 Å². The number of aromatic nitrogens is 1. The number of benzene rings is 3. The van der Waals surface area contributed by atoms with E-state index in [1.807, 2.05) is 0 Å². The van der Waals surface area contributed by atoms with Crippen LogP contribution in [-0.2, 0) is 14.8 Å². The number of carboxylic acid groups (broad SMARTS) is 1. The van der Waals surface area contributed by atoms with Gasteiger partial charge < -0.3 is 14.6 Å². The predicted molar refractivity (Wildman–Crippen MR) is 158 cm³/mol. The molecule has 0 aliphatic carbocycles. The molecule has 1 aliphatic rings. The topological polar surface area (TPSA) is 135 Å². The Bertz CT molecular complexity index is 1670. The van der Waals surface area contributed by atoms with Crippen molar-refractivity contribution in [2.24, 2.45) is 0 Å². The van der Waals surface area contributed by atoms with Crippen molar-refractivity contribution in [3.63, 3.8) is 0 Å². The Balaban J connectivity index is 1.35. The van der Waals surface area contributed by atoms with E-state index < -0.39 is 28.0 Å². The first kappa shape index (κ1) is 29.5. The van der Waals surface area contributed by atoms with E-state index in [0.717, 1.165) is 30.6 Å². The first-order chi connectivity index (χ1) is 20.2. The molecule has 0 bridgehead atoms. The minimum Gasteiger partial charge on any atom is -0.478 e. The van der Waals surface area contributed by atoms with Crippen LogP contribution in [0, 0.1) is 0 Å². The van der Waals surface area contributed by atoms with Crippen molar-refractivity contribution in [2.75, 3.05) is 18.4 Å². The van der Waals surface area contributed by atoms with Crippen molar-refractivity contribution in [1.82, 2.24) is 9.29 Å². The quantitative estimate of drug-likeness (QED) is 0.212. The zero-order valence-corrected chi connectivity index (χ0v) is 24.5. The lowest BCUT2D eigenvalue weighted by molar-refractivity contribution is -0.123. The number of hydrogen-bond acceptors (Lipinski definition) is 8. The highest BCUT2D eigenvalue weighted by molar-refractivity contribution is 7.89. The van der Waals surface area contributed by atoms with Crippen molar-refractivity contribution >= 4 is 50.0 Å². The predicted octanol–water partition coefficient (Wildman–Crippen LogP) is 6.22. The van der Waals surface area contributed by atoms with E-state index in [-0.39, 0.29) is 15.6 Å². The summed E-state index contributed by atoms with van der Waals surface area (Å²) in [6.07, 6.45) is 2.91. The molecule has 42 heavy (non-hydrogen) atoms. The number of anilines is 1. The van der Waals surface area contributed by atoms with Gasteiger partial charge in [-0.1, -0.05) is 47.6 Å². The zero-order valence-electron chi connectivity index (χ0n) is 22.1. The number of carbonyl (C=O) groups is 2.